The second-order valence-electron chi connectivity index (χ2n) is 10.3. The van der Waals surface area contributed by atoms with E-state index in [0.717, 1.165) is 28.7 Å². The van der Waals surface area contributed by atoms with Crippen LogP contribution in [-0.2, 0) is 10.2 Å². The zero-order valence-electron chi connectivity index (χ0n) is 19.7. The van der Waals surface area contributed by atoms with Crippen molar-refractivity contribution in [2.24, 2.45) is 29.2 Å². The summed E-state index contributed by atoms with van der Waals surface area (Å²) < 4.78 is 0. The first-order valence-electron chi connectivity index (χ1n) is 11.9. The van der Waals surface area contributed by atoms with Crippen LogP contribution in [0.3, 0.4) is 0 Å². The van der Waals surface area contributed by atoms with Crippen molar-refractivity contribution in [3.8, 4) is 0 Å². The smallest absolute Gasteiger partial charge is 0.288 e. The number of carbonyl (C=O) groups excluding carboxylic acids is 2. The molecule has 0 radical (unpaired) electrons. The largest absolute Gasteiger partial charge is 0.330 e. The molecule has 4 saturated carbocycles. The fraction of sp³-hybridized carbons (Fsp3) is 0.560. The summed E-state index contributed by atoms with van der Waals surface area (Å²) in [6.07, 6.45) is 8.86. The number of aromatic nitrogens is 1. The average Bonchev–Trinajstić information content (AvgIpc) is 2.79. The molecule has 7 nitrogen and oxygen atoms in total. The lowest BCUT2D eigenvalue weighted by Crippen LogP contribution is -2.50. The third kappa shape index (κ3) is 6.09. The molecular formula is C25H36Br3N5O2. The minimum atomic E-state index is -0.703. The van der Waals surface area contributed by atoms with Gasteiger partial charge in [0.2, 0.25) is 0 Å². The quantitative estimate of drug-likeness (QED) is 0.341. The molecule has 1 aromatic carbocycles. The molecule has 4 aliphatic rings. The first-order valence-corrected chi connectivity index (χ1v) is 11.9. The van der Waals surface area contributed by atoms with E-state index in [9.17, 15) is 9.59 Å². The van der Waals surface area contributed by atoms with Crippen LogP contribution in [0.25, 0.3) is 10.9 Å². The number of hydrogen-bond donors (Lipinski definition) is 4. The number of pyridine rings is 1. The van der Waals surface area contributed by atoms with Crippen LogP contribution in [-0.4, -0.2) is 29.4 Å². The maximum absolute atomic E-state index is 13.0. The van der Waals surface area contributed by atoms with E-state index in [2.05, 4.69) is 28.0 Å². The molecule has 6 rings (SSSR count). The zero-order chi connectivity index (χ0) is 22.3. The van der Waals surface area contributed by atoms with Gasteiger partial charge in [-0.05, 0) is 98.8 Å². The van der Waals surface area contributed by atoms with Gasteiger partial charge in [-0.15, -0.1) is 50.9 Å². The number of amides is 2. The number of rotatable bonds is 6. The summed E-state index contributed by atoms with van der Waals surface area (Å²) in [5, 5.41) is 1.15. The van der Waals surface area contributed by atoms with Crippen molar-refractivity contribution >= 4 is 73.7 Å². The normalized spacial score (nSPS) is 26.6. The average molecular weight is 678 g/mol. The number of nitrogens with one attached hydrogen (secondary N) is 2. The number of nitrogens with zero attached hydrogens (tertiary/aromatic N) is 1. The van der Waals surface area contributed by atoms with E-state index in [1.54, 1.807) is 0 Å². The molecular weight excluding hydrogens is 642 g/mol. The Morgan fingerprint density at radius 1 is 1.00 bits per heavy atom. The highest BCUT2D eigenvalue weighted by Gasteiger charge is 2.52. The van der Waals surface area contributed by atoms with Gasteiger partial charge in [0.25, 0.3) is 11.8 Å². The highest BCUT2D eigenvalue weighted by molar-refractivity contribution is 8.93. The molecule has 4 bridgehead atoms. The minimum Gasteiger partial charge on any atom is -0.330 e. The summed E-state index contributed by atoms with van der Waals surface area (Å²) >= 11 is 0. The molecule has 4 aliphatic carbocycles. The zero-order valence-corrected chi connectivity index (χ0v) is 24.8. The Hall–Kier alpha value is -1.07. The number of hydrazine groups is 1. The number of halogens is 3. The van der Waals surface area contributed by atoms with E-state index in [4.69, 9.17) is 11.5 Å². The van der Waals surface area contributed by atoms with Crippen LogP contribution >= 0.6 is 50.9 Å². The SMILES string of the molecule is Br.Br.Br.NCCC[C@H](N)C(=O)NNC(=O)c1cc(C23CC4CC(CC(C4)C2)C3)c2ccccc2n1. The van der Waals surface area contributed by atoms with E-state index in [1.807, 2.05) is 18.2 Å². The molecule has 6 N–H and O–H groups in total. The summed E-state index contributed by atoms with van der Waals surface area (Å²) in [7, 11) is 0. The fourth-order valence-corrected chi connectivity index (χ4v) is 6.91. The first-order chi connectivity index (χ1) is 15.5. The van der Waals surface area contributed by atoms with E-state index < -0.39 is 17.9 Å². The van der Waals surface area contributed by atoms with Crippen LogP contribution in [0.2, 0.25) is 0 Å². The van der Waals surface area contributed by atoms with Crippen LogP contribution in [0.4, 0.5) is 0 Å². The van der Waals surface area contributed by atoms with Crippen LogP contribution in [0.5, 0.6) is 0 Å². The Kier molecular flexibility index (Phi) is 10.7. The van der Waals surface area contributed by atoms with Gasteiger partial charge < -0.3 is 11.5 Å². The lowest BCUT2D eigenvalue weighted by Gasteiger charge is -2.57. The minimum absolute atomic E-state index is 0. The third-order valence-electron chi connectivity index (χ3n) is 7.91. The van der Waals surface area contributed by atoms with E-state index >= 15 is 0 Å². The van der Waals surface area contributed by atoms with Gasteiger partial charge in [0.15, 0.2) is 0 Å². The van der Waals surface area contributed by atoms with E-state index in [-0.39, 0.29) is 56.4 Å². The summed E-state index contributed by atoms with van der Waals surface area (Å²) in [6, 6.07) is 9.39. The lowest BCUT2D eigenvalue weighted by molar-refractivity contribution is -0.123. The number of nitrogens with two attached hydrogens (primary N) is 2. The standard InChI is InChI=1S/C25H33N5O2.3BrH/c26-7-3-5-20(27)23(31)29-30-24(32)22-11-19(18-4-1-2-6-21(18)28-22)25-12-15-8-16(13-25)10-17(9-15)14-25;;;/h1-2,4,6,11,15-17,20H,3,5,7-10,12-14,26-27H2,(H,29,31)(H,30,32);3*1H/t15?,16?,17?,20-,25?;;;/m0.../s1. The van der Waals surface area contributed by atoms with Crippen molar-refractivity contribution in [2.45, 2.75) is 62.8 Å². The van der Waals surface area contributed by atoms with Crippen molar-refractivity contribution < 1.29 is 9.59 Å². The number of para-hydroxylation sites is 1. The van der Waals surface area contributed by atoms with Crippen molar-refractivity contribution in [1.29, 1.82) is 0 Å². The van der Waals surface area contributed by atoms with Crippen LogP contribution in [0, 0.1) is 17.8 Å². The molecule has 0 unspecified atom stereocenters. The van der Waals surface area contributed by atoms with E-state index in [0.29, 0.717) is 25.1 Å². The summed E-state index contributed by atoms with van der Waals surface area (Å²) in [4.78, 5) is 29.8. The molecule has 35 heavy (non-hydrogen) atoms. The summed E-state index contributed by atoms with van der Waals surface area (Å²) in [5.74, 6) is 1.58. The summed E-state index contributed by atoms with van der Waals surface area (Å²) in [6.45, 7) is 0.474. The first kappa shape index (κ1) is 30.2. The molecule has 4 fully saturated rings. The molecule has 1 aromatic heterocycles. The Morgan fingerprint density at radius 3 is 2.20 bits per heavy atom. The van der Waals surface area contributed by atoms with Gasteiger partial charge in [-0.3, -0.25) is 20.4 Å². The van der Waals surface area contributed by atoms with E-state index in [1.165, 1.54) is 44.1 Å². The summed E-state index contributed by atoms with van der Waals surface area (Å²) in [5.41, 5.74) is 18.9. The molecule has 2 amide bonds. The molecule has 1 heterocycles. The lowest BCUT2D eigenvalue weighted by atomic mass is 9.48. The third-order valence-corrected chi connectivity index (χ3v) is 7.91. The van der Waals surface area contributed by atoms with Crippen LogP contribution in [0.1, 0.15) is 67.4 Å². The molecule has 194 valence electrons. The Morgan fingerprint density at radius 2 is 1.60 bits per heavy atom. The molecule has 0 spiro atoms. The molecule has 10 heteroatoms. The molecule has 1 atom stereocenters. The molecule has 0 aliphatic heterocycles. The maximum atomic E-state index is 13.0. The second-order valence-corrected chi connectivity index (χ2v) is 10.3. The van der Waals surface area contributed by atoms with Crippen LogP contribution in [0.15, 0.2) is 30.3 Å². The maximum Gasteiger partial charge on any atom is 0.288 e. The predicted octanol–water partition coefficient (Wildman–Crippen LogP) is 4.26. The van der Waals surface area contributed by atoms with Gasteiger partial charge in [-0.25, -0.2) is 4.98 Å². The topological polar surface area (TPSA) is 123 Å². The molecule has 0 saturated heterocycles. The van der Waals surface area contributed by atoms with Crippen LogP contribution < -0.4 is 22.3 Å². The second kappa shape index (κ2) is 12.4. The number of hydrogen-bond acceptors (Lipinski definition) is 5. The Balaban J connectivity index is 0.00000144. The van der Waals surface area contributed by atoms with Gasteiger partial charge in [-0.1, -0.05) is 18.2 Å². The monoisotopic (exact) mass is 675 g/mol. The molecule has 2 aromatic rings. The van der Waals surface area contributed by atoms with Crippen molar-refractivity contribution in [3.63, 3.8) is 0 Å². The van der Waals surface area contributed by atoms with Gasteiger partial charge in [-0.2, -0.15) is 0 Å². The van der Waals surface area contributed by atoms with Crippen molar-refractivity contribution in [3.05, 3.63) is 41.6 Å². The van der Waals surface area contributed by atoms with Gasteiger partial charge >= 0.3 is 0 Å². The van der Waals surface area contributed by atoms with Gasteiger partial charge in [0, 0.05) is 5.39 Å². The van der Waals surface area contributed by atoms with Crippen molar-refractivity contribution in [2.75, 3.05) is 6.54 Å². The Labute approximate surface area is 238 Å². The highest BCUT2D eigenvalue weighted by atomic mass is 79.9. The van der Waals surface area contributed by atoms with Gasteiger partial charge in [0.05, 0.1) is 11.6 Å². The van der Waals surface area contributed by atoms with Gasteiger partial charge in [0.1, 0.15) is 5.69 Å². The highest BCUT2D eigenvalue weighted by Crippen LogP contribution is 2.61. The fourth-order valence-electron chi connectivity index (χ4n) is 6.91. The number of carbonyl (C=O) groups is 2. The number of benzene rings is 1. The van der Waals surface area contributed by atoms with Crippen molar-refractivity contribution in [1.82, 2.24) is 15.8 Å². The Bertz CT molecular complexity index is 1020. The predicted molar refractivity (Wildman–Crippen MR) is 154 cm³/mol. The number of fused-ring (bicyclic) bond motifs is 1.